The van der Waals surface area contributed by atoms with Gasteiger partial charge in [-0.25, -0.2) is 9.18 Å². The third-order valence-electron chi connectivity index (χ3n) is 3.29. The Bertz CT molecular complexity index is 535. The van der Waals surface area contributed by atoms with E-state index in [0.717, 1.165) is 19.2 Å². The van der Waals surface area contributed by atoms with E-state index < -0.39 is 34.0 Å². The van der Waals surface area contributed by atoms with Crippen LogP contribution in [0.15, 0.2) is 12.1 Å². The summed E-state index contributed by atoms with van der Waals surface area (Å²) in [4.78, 5) is 11.6. The predicted molar refractivity (Wildman–Crippen MR) is 59.7 cm³/mol. The van der Waals surface area contributed by atoms with Crippen LogP contribution in [0, 0.1) is 5.82 Å². The van der Waals surface area contributed by atoms with Crippen molar-refractivity contribution in [3.8, 4) is 0 Å². The van der Waals surface area contributed by atoms with Gasteiger partial charge in [-0.1, -0.05) is 17.7 Å². The number of ether oxygens (including phenoxy) is 1. The number of carbonyl (C=O) groups excluding carboxylic acids is 1. The van der Waals surface area contributed by atoms with E-state index >= 15 is 0 Å². The molecule has 0 amide bonds. The number of alkyl halides is 3. The lowest BCUT2D eigenvalue weighted by atomic mass is 9.90. The summed E-state index contributed by atoms with van der Waals surface area (Å²) in [6, 6.07) is 1.78. The van der Waals surface area contributed by atoms with Crippen molar-refractivity contribution in [3.63, 3.8) is 0 Å². The molecule has 1 aromatic carbocycles. The largest absolute Gasteiger partial charge is 0.465 e. The molecule has 1 aliphatic carbocycles. The minimum atomic E-state index is -4.52. The molecule has 104 valence electrons. The first kappa shape index (κ1) is 14.1. The van der Waals surface area contributed by atoms with Gasteiger partial charge in [0.15, 0.2) is 0 Å². The highest BCUT2D eigenvalue weighted by atomic mass is 35.5. The third kappa shape index (κ3) is 2.08. The standard InChI is InChI=1S/C12H9ClF4O2/c1-19-10(18)8-6(2-3-7(14)9(8)13)11(4-5-11)12(15,16)17/h2-3H,4-5H2,1H3. The lowest BCUT2D eigenvalue weighted by molar-refractivity contribution is -0.160. The normalized spacial score (nSPS) is 17.2. The summed E-state index contributed by atoms with van der Waals surface area (Å²) in [5.74, 6) is -2.03. The fourth-order valence-corrected chi connectivity index (χ4v) is 2.32. The van der Waals surface area contributed by atoms with Gasteiger partial charge in [-0.2, -0.15) is 13.2 Å². The Morgan fingerprint density at radius 1 is 1.37 bits per heavy atom. The summed E-state index contributed by atoms with van der Waals surface area (Å²) in [5, 5.41) is -0.639. The average molecular weight is 297 g/mol. The van der Waals surface area contributed by atoms with Crippen molar-refractivity contribution in [1.82, 2.24) is 0 Å². The van der Waals surface area contributed by atoms with Crippen molar-refractivity contribution in [3.05, 3.63) is 34.1 Å². The summed E-state index contributed by atoms with van der Waals surface area (Å²) in [5.41, 5.74) is -2.98. The summed E-state index contributed by atoms with van der Waals surface area (Å²) in [6.07, 6.45) is -4.82. The molecule has 0 saturated heterocycles. The molecule has 0 spiro atoms. The molecule has 1 saturated carbocycles. The van der Waals surface area contributed by atoms with E-state index in [4.69, 9.17) is 11.6 Å². The Labute approximate surface area is 111 Å². The number of hydrogen-bond donors (Lipinski definition) is 0. The van der Waals surface area contributed by atoms with E-state index in [0.29, 0.717) is 0 Å². The van der Waals surface area contributed by atoms with E-state index in [-0.39, 0.29) is 18.4 Å². The van der Waals surface area contributed by atoms with Crippen molar-refractivity contribution in [1.29, 1.82) is 0 Å². The molecular formula is C12H9ClF4O2. The molecular weight excluding hydrogens is 288 g/mol. The molecule has 2 rings (SSSR count). The Morgan fingerprint density at radius 2 is 1.95 bits per heavy atom. The van der Waals surface area contributed by atoms with E-state index in [9.17, 15) is 22.4 Å². The van der Waals surface area contributed by atoms with Gasteiger partial charge in [0.1, 0.15) is 5.82 Å². The van der Waals surface area contributed by atoms with Gasteiger partial charge in [-0.15, -0.1) is 0 Å². The van der Waals surface area contributed by atoms with E-state index in [1.807, 2.05) is 0 Å². The van der Waals surface area contributed by atoms with Crippen LogP contribution in [0.4, 0.5) is 17.6 Å². The molecule has 1 aromatic rings. The van der Waals surface area contributed by atoms with Gasteiger partial charge >= 0.3 is 12.1 Å². The Kier molecular flexibility index (Phi) is 3.24. The lowest BCUT2D eigenvalue weighted by Gasteiger charge is -2.22. The summed E-state index contributed by atoms with van der Waals surface area (Å²) >= 11 is 5.61. The maximum absolute atomic E-state index is 13.3. The van der Waals surface area contributed by atoms with Gasteiger partial charge in [0.05, 0.1) is 23.1 Å². The number of methoxy groups -OCH3 is 1. The van der Waals surface area contributed by atoms with Crippen LogP contribution in [-0.4, -0.2) is 19.3 Å². The van der Waals surface area contributed by atoms with Crippen LogP contribution in [-0.2, 0) is 10.2 Å². The van der Waals surface area contributed by atoms with E-state index in [1.54, 1.807) is 0 Å². The van der Waals surface area contributed by atoms with Crippen LogP contribution in [0.2, 0.25) is 5.02 Å². The molecule has 1 aliphatic rings. The molecule has 0 atom stereocenters. The molecule has 19 heavy (non-hydrogen) atoms. The van der Waals surface area contributed by atoms with Crippen LogP contribution in [0.25, 0.3) is 0 Å². The zero-order chi connectivity index (χ0) is 14.4. The number of rotatable bonds is 2. The molecule has 0 bridgehead atoms. The fourth-order valence-electron chi connectivity index (χ4n) is 2.08. The zero-order valence-electron chi connectivity index (χ0n) is 9.78. The second kappa shape index (κ2) is 4.37. The summed E-state index contributed by atoms with van der Waals surface area (Å²) in [7, 11) is 1.00. The topological polar surface area (TPSA) is 26.3 Å². The molecule has 0 heterocycles. The minimum absolute atomic E-state index is 0.150. The number of halogens is 5. The second-order valence-electron chi connectivity index (χ2n) is 4.36. The Hall–Kier alpha value is -1.30. The molecule has 0 N–H and O–H groups in total. The first-order valence-corrected chi connectivity index (χ1v) is 5.76. The molecule has 0 aromatic heterocycles. The van der Waals surface area contributed by atoms with Crippen LogP contribution in [0.3, 0.4) is 0 Å². The number of carbonyl (C=O) groups is 1. The molecule has 1 fully saturated rings. The maximum Gasteiger partial charge on any atom is 0.398 e. The van der Waals surface area contributed by atoms with Crippen LogP contribution >= 0.6 is 11.6 Å². The minimum Gasteiger partial charge on any atom is -0.465 e. The van der Waals surface area contributed by atoms with Crippen molar-refractivity contribution in [2.45, 2.75) is 24.4 Å². The highest BCUT2D eigenvalue weighted by Crippen LogP contribution is 2.60. The molecule has 0 unspecified atom stereocenters. The highest BCUT2D eigenvalue weighted by molar-refractivity contribution is 6.34. The smallest absolute Gasteiger partial charge is 0.398 e. The van der Waals surface area contributed by atoms with Crippen LogP contribution in [0.1, 0.15) is 28.8 Å². The van der Waals surface area contributed by atoms with Gasteiger partial charge in [0.25, 0.3) is 0 Å². The first-order valence-electron chi connectivity index (χ1n) is 5.38. The van der Waals surface area contributed by atoms with E-state index in [2.05, 4.69) is 4.74 Å². The van der Waals surface area contributed by atoms with Gasteiger partial charge in [-0.05, 0) is 24.5 Å². The average Bonchev–Trinajstić information content (AvgIpc) is 3.12. The predicted octanol–water partition coefficient (Wildman–Crippen LogP) is 3.86. The number of esters is 1. The van der Waals surface area contributed by atoms with Gasteiger partial charge in [0, 0.05) is 0 Å². The highest BCUT2D eigenvalue weighted by Gasteiger charge is 2.65. The summed E-state index contributed by atoms with van der Waals surface area (Å²) in [6.45, 7) is 0. The fraction of sp³-hybridized carbons (Fsp3) is 0.417. The Morgan fingerprint density at radius 3 is 2.37 bits per heavy atom. The monoisotopic (exact) mass is 296 g/mol. The lowest BCUT2D eigenvalue weighted by Crippen LogP contribution is -2.31. The molecule has 7 heteroatoms. The SMILES string of the molecule is COC(=O)c1c(C2(C(F)(F)F)CC2)ccc(F)c1Cl. The zero-order valence-corrected chi connectivity index (χ0v) is 10.5. The Balaban J connectivity index is 2.66. The number of benzene rings is 1. The second-order valence-corrected chi connectivity index (χ2v) is 4.73. The quantitative estimate of drug-likeness (QED) is 0.612. The van der Waals surface area contributed by atoms with Gasteiger partial charge in [0.2, 0.25) is 0 Å². The summed E-state index contributed by atoms with van der Waals surface area (Å²) < 4.78 is 56.9. The van der Waals surface area contributed by atoms with Crippen molar-refractivity contribution >= 4 is 17.6 Å². The number of hydrogen-bond acceptors (Lipinski definition) is 2. The van der Waals surface area contributed by atoms with Gasteiger partial charge < -0.3 is 4.74 Å². The van der Waals surface area contributed by atoms with Gasteiger partial charge in [-0.3, -0.25) is 0 Å². The van der Waals surface area contributed by atoms with Crippen LogP contribution in [0.5, 0.6) is 0 Å². The van der Waals surface area contributed by atoms with Crippen molar-refractivity contribution in [2.75, 3.05) is 7.11 Å². The molecule has 0 aliphatic heterocycles. The van der Waals surface area contributed by atoms with Crippen molar-refractivity contribution < 1.29 is 27.1 Å². The van der Waals surface area contributed by atoms with E-state index in [1.165, 1.54) is 0 Å². The third-order valence-corrected chi connectivity index (χ3v) is 3.66. The molecule has 2 nitrogen and oxygen atoms in total. The van der Waals surface area contributed by atoms with Crippen molar-refractivity contribution in [2.24, 2.45) is 0 Å². The molecule has 0 radical (unpaired) electrons. The van der Waals surface area contributed by atoms with Crippen LogP contribution < -0.4 is 0 Å². The maximum atomic E-state index is 13.3. The first-order chi connectivity index (χ1) is 8.74.